The van der Waals surface area contributed by atoms with Gasteiger partial charge in [-0.15, -0.1) is 11.3 Å². The second-order valence-corrected chi connectivity index (χ2v) is 5.53. The van der Waals surface area contributed by atoms with Gasteiger partial charge in [0.05, 0.1) is 18.1 Å². The molecule has 0 fully saturated rings. The predicted octanol–water partition coefficient (Wildman–Crippen LogP) is 2.10. The van der Waals surface area contributed by atoms with E-state index in [-0.39, 0.29) is 24.7 Å². The van der Waals surface area contributed by atoms with Crippen molar-refractivity contribution in [3.8, 4) is 0 Å². The third-order valence-corrected chi connectivity index (χ3v) is 3.60. The first-order valence-corrected chi connectivity index (χ1v) is 6.86. The van der Waals surface area contributed by atoms with E-state index in [0.717, 1.165) is 4.88 Å². The summed E-state index contributed by atoms with van der Waals surface area (Å²) in [6.07, 6.45) is 3.08. The minimum Gasteiger partial charge on any atom is -0.395 e. The van der Waals surface area contributed by atoms with Crippen LogP contribution in [0.4, 0.5) is 11.5 Å². The Labute approximate surface area is 123 Å². The van der Waals surface area contributed by atoms with Gasteiger partial charge in [0.2, 0.25) is 5.82 Å². The van der Waals surface area contributed by atoms with Gasteiger partial charge in [0.25, 0.3) is 0 Å². The summed E-state index contributed by atoms with van der Waals surface area (Å²) in [5.74, 6) is 0.219. The molecule has 0 bridgehead atoms. The van der Waals surface area contributed by atoms with Crippen LogP contribution in [0.5, 0.6) is 0 Å². The topological polar surface area (TPSA) is 92.4 Å². The Morgan fingerprint density at radius 3 is 2.90 bits per heavy atom. The second kappa shape index (κ2) is 6.60. The zero-order valence-corrected chi connectivity index (χ0v) is 11.8. The standard InChI is InChI=1S/C11H11ClN4O3S/c12-11-14-6-8(20-11)7-15(4-5-17)10-9(16(18)19)2-1-3-13-10/h1-3,6,17H,4-5,7H2. The molecule has 0 unspecified atom stereocenters. The molecule has 2 aromatic heterocycles. The molecule has 1 N–H and O–H groups in total. The Balaban J connectivity index is 2.30. The normalized spacial score (nSPS) is 10.5. The Kier molecular flexibility index (Phi) is 4.83. The molecule has 2 rings (SSSR count). The number of aliphatic hydroxyl groups excluding tert-OH is 1. The molecular weight excluding hydrogens is 304 g/mol. The molecule has 0 saturated heterocycles. The molecule has 0 aliphatic rings. The minimum atomic E-state index is -0.494. The van der Waals surface area contributed by atoms with Crippen LogP contribution in [0, 0.1) is 10.1 Å². The summed E-state index contributed by atoms with van der Waals surface area (Å²) >= 11 is 7.05. The number of nitro groups is 1. The van der Waals surface area contributed by atoms with E-state index in [9.17, 15) is 10.1 Å². The predicted molar refractivity (Wildman–Crippen MR) is 76.2 cm³/mol. The van der Waals surface area contributed by atoms with Crippen molar-refractivity contribution in [2.45, 2.75) is 6.54 Å². The van der Waals surface area contributed by atoms with Crippen molar-refractivity contribution in [1.82, 2.24) is 9.97 Å². The van der Waals surface area contributed by atoms with Gasteiger partial charge in [-0.25, -0.2) is 9.97 Å². The number of aliphatic hydroxyl groups is 1. The molecule has 9 heteroatoms. The summed E-state index contributed by atoms with van der Waals surface area (Å²) in [6.45, 7) is 0.441. The summed E-state index contributed by atoms with van der Waals surface area (Å²) in [5, 5.41) is 20.2. The van der Waals surface area contributed by atoms with Gasteiger partial charge in [-0.05, 0) is 6.07 Å². The summed E-state index contributed by atoms with van der Waals surface area (Å²) in [5.41, 5.74) is -0.100. The average molecular weight is 315 g/mol. The lowest BCUT2D eigenvalue weighted by Gasteiger charge is -2.21. The highest BCUT2D eigenvalue weighted by molar-refractivity contribution is 7.15. The van der Waals surface area contributed by atoms with Crippen LogP contribution in [-0.4, -0.2) is 33.1 Å². The zero-order valence-electron chi connectivity index (χ0n) is 10.3. The molecule has 0 amide bonds. The lowest BCUT2D eigenvalue weighted by molar-refractivity contribution is -0.384. The Morgan fingerprint density at radius 2 is 2.30 bits per heavy atom. The van der Waals surface area contributed by atoms with Gasteiger partial charge >= 0.3 is 5.69 Å². The van der Waals surface area contributed by atoms with E-state index in [1.165, 1.54) is 29.7 Å². The largest absolute Gasteiger partial charge is 0.395 e. The molecular formula is C11H11ClN4O3S. The van der Waals surface area contributed by atoms with Gasteiger partial charge in [-0.3, -0.25) is 10.1 Å². The highest BCUT2D eigenvalue weighted by atomic mass is 35.5. The van der Waals surface area contributed by atoms with E-state index in [2.05, 4.69) is 9.97 Å². The lowest BCUT2D eigenvalue weighted by Crippen LogP contribution is -2.27. The number of anilines is 1. The summed E-state index contributed by atoms with van der Waals surface area (Å²) in [7, 11) is 0. The first-order valence-electron chi connectivity index (χ1n) is 5.67. The molecule has 2 heterocycles. The molecule has 20 heavy (non-hydrogen) atoms. The molecule has 0 aliphatic carbocycles. The third kappa shape index (κ3) is 3.41. The molecule has 0 atom stereocenters. The molecule has 0 radical (unpaired) electrons. The number of hydrogen-bond donors (Lipinski definition) is 1. The molecule has 0 aliphatic heterocycles. The van der Waals surface area contributed by atoms with Crippen LogP contribution in [0.15, 0.2) is 24.5 Å². The van der Waals surface area contributed by atoms with Crippen LogP contribution in [0.1, 0.15) is 4.88 Å². The monoisotopic (exact) mass is 314 g/mol. The van der Waals surface area contributed by atoms with Crippen LogP contribution in [0.25, 0.3) is 0 Å². The number of aromatic nitrogens is 2. The van der Waals surface area contributed by atoms with E-state index in [1.807, 2.05) is 0 Å². The first kappa shape index (κ1) is 14.6. The van der Waals surface area contributed by atoms with E-state index in [0.29, 0.717) is 11.0 Å². The van der Waals surface area contributed by atoms with Crippen molar-refractivity contribution in [3.63, 3.8) is 0 Å². The van der Waals surface area contributed by atoms with Crippen molar-refractivity contribution in [3.05, 3.63) is 44.0 Å². The maximum Gasteiger partial charge on any atom is 0.311 e. The van der Waals surface area contributed by atoms with Gasteiger partial charge in [-0.1, -0.05) is 11.6 Å². The molecule has 7 nitrogen and oxygen atoms in total. The smallest absolute Gasteiger partial charge is 0.311 e. The highest BCUT2D eigenvalue weighted by Gasteiger charge is 2.21. The van der Waals surface area contributed by atoms with Crippen LogP contribution in [0.3, 0.4) is 0 Å². The summed E-state index contributed by atoms with van der Waals surface area (Å²) in [4.78, 5) is 21.0. The Hall–Kier alpha value is -1.77. The Morgan fingerprint density at radius 1 is 1.50 bits per heavy atom. The van der Waals surface area contributed by atoms with Gasteiger partial charge in [0.1, 0.15) is 0 Å². The van der Waals surface area contributed by atoms with Crippen LogP contribution in [0.2, 0.25) is 4.47 Å². The molecule has 2 aromatic rings. The maximum absolute atomic E-state index is 11.0. The van der Waals surface area contributed by atoms with Crippen molar-refractivity contribution in [1.29, 1.82) is 0 Å². The van der Waals surface area contributed by atoms with Gasteiger partial charge in [-0.2, -0.15) is 0 Å². The van der Waals surface area contributed by atoms with E-state index < -0.39 is 4.92 Å². The molecule has 106 valence electrons. The van der Waals surface area contributed by atoms with Crippen molar-refractivity contribution in [2.24, 2.45) is 0 Å². The molecule has 0 saturated carbocycles. The van der Waals surface area contributed by atoms with Gasteiger partial charge in [0.15, 0.2) is 4.47 Å². The van der Waals surface area contributed by atoms with E-state index >= 15 is 0 Å². The number of halogens is 1. The third-order valence-electron chi connectivity index (χ3n) is 2.50. The number of thiazole rings is 1. The Bertz CT molecular complexity index is 607. The number of nitrogens with zero attached hydrogens (tertiary/aromatic N) is 4. The first-order chi connectivity index (χ1) is 9.61. The summed E-state index contributed by atoms with van der Waals surface area (Å²) in [6, 6.07) is 2.88. The fourth-order valence-corrected chi connectivity index (χ4v) is 2.69. The quantitative estimate of drug-likeness (QED) is 0.648. The fourth-order valence-electron chi connectivity index (χ4n) is 1.70. The van der Waals surface area contributed by atoms with Crippen LogP contribution >= 0.6 is 22.9 Å². The van der Waals surface area contributed by atoms with Crippen LogP contribution in [-0.2, 0) is 6.54 Å². The molecule has 0 spiro atoms. The number of hydrogen-bond acceptors (Lipinski definition) is 7. The van der Waals surface area contributed by atoms with Crippen molar-refractivity contribution in [2.75, 3.05) is 18.1 Å². The fraction of sp³-hybridized carbons (Fsp3) is 0.273. The average Bonchev–Trinajstić information content (AvgIpc) is 2.84. The zero-order chi connectivity index (χ0) is 14.5. The van der Waals surface area contributed by atoms with Crippen molar-refractivity contribution >= 4 is 34.4 Å². The van der Waals surface area contributed by atoms with Gasteiger partial charge < -0.3 is 10.0 Å². The number of pyridine rings is 1. The maximum atomic E-state index is 11.0. The van der Waals surface area contributed by atoms with Crippen molar-refractivity contribution < 1.29 is 10.0 Å². The van der Waals surface area contributed by atoms with E-state index in [1.54, 1.807) is 11.1 Å². The highest BCUT2D eigenvalue weighted by Crippen LogP contribution is 2.27. The van der Waals surface area contributed by atoms with Gasteiger partial charge in [0, 0.05) is 29.9 Å². The SMILES string of the molecule is O=[N+]([O-])c1cccnc1N(CCO)Cc1cnc(Cl)s1. The molecule has 0 aromatic carbocycles. The lowest BCUT2D eigenvalue weighted by atomic mass is 10.3. The van der Waals surface area contributed by atoms with Crippen LogP contribution < -0.4 is 4.90 Å². The van der Waals surface area contributed by atoms with E-state index in [4.69, 9.17) is 16.7 Å². The second-order valence-electron chi connectivity index (χ2n) is 3.83. The summed E-state index contributed by atoms with van der Waals surface area (Å²) < 4.78 is 0.402. The minimum absolute atomic E-state index is 0.100. The number of rotatable bonds is 6.